The summed E-state index contributed by atoms with van der Waals surface area (Å²) in [5.41, 5.74) is 0. The quantitative estimate of drug-likeness (QED) is 0.490. The minimum atomic E-state index is -3.38. The van der Waals surface area contributed by atoms with Crippen molar-refractivity contribution in [2.45, 2.75) is 58.3 Å². The van der Waals surface area contributed by atoms with Crippen molar-refractivity contribution in [2.24, 2.45) is 0 Å². The van der Waals surface area contributed by atoms with E-state index in [4.69, 9.17) is 5.26 Å². The number of hydrogen-bond acceptors (Lipinski definition) is 3. The minimum Gasteiger partial charge on any atom is -0.205 e. The first-order valence-electron chi connectivity index (χ1n) is 6.42. The van der Waals surface area contributed by atoms with E-state index in [-0.39, 0.29) is 0 Å². The average Bonchev–Trinajstić information content (AvgIpc) is 2.31. The zero-order valence-electron chi connectivity index (χ0n) is 11.0. The number of nitrogens with one attached hydrogen (secondary N) is 1. The number of sulfonamides is 1. The van der Waals surface area contributed by atoms with Crippen LogP contribution in [-0.4, -0.2) is 15.0 Å². The Labute approximate surface area is 111 Å². The second-order valence-electron chi connectivity index (χ2n) is 4.13. The van der Waals surface area contributed by atoms with E-state index in [9.17, 15) is 8.42 Å². The number of nitrogens with zero attached hydrogens (tertiary/aromatic N) is 1. The number of unbranched alkanes of at least 4 members (excludes halogenated alkanes) is 7. The maximum Gasteiger partial charge on any atom is 0.280 e. The van der Waals surface area contributed by atoms with Gasteiger partial charge in [-0.1, -0.05) is 38.0 Å². The summed E-state index contributed by atoms with van der Waals surface area (Å²) in [7, 11) is -3.38. The molecule has 0 amide bonds. The Morgan fingerprint density at radius 2 is 1.56 bits per heavy atom. The highest BCUT2D eigenvalue weighted by Crippen LogP contribution is 2.07. The average molecular weight is 270 g/mol. The van der Waals surface area contributed by atoms with Crippen LogP contribution in [0.2, 0.25) is 0 Å². The predicted molar refractivity (Wildman–Crippen MR) is 72.9 cm³/mol. The highest BCUT2D eigenvalue weighted by molar-refractivity contribution is 7.94. The molecule has 0 aromatic rings. The summed E-state index contributed by atoms with van der Waals surface area (Å²) >= 11 is 0. The van der Waals surface area contributed by atoms with Crippen LogP contribution in [0.4, 0.5) is 0 Å². The van der Waals surface area contributed by atoms with E-state index in [2.05, 4.69) is 22.0 Å². The summed E-state index contributed by atoms with van der Waals surface area (Å²) in [5.74, 6) is 2.37. The topological polar surface area (TPSA) is 70.0 Å². The Morgan fingerprint density at radius 3 is 2.11 bits per heavy atom. The molecule has 0 saturated heterocycles. The molecule has 0 spiro atoms. The molecule has 102 valence electrons. The van der Waals surface area contributed by atoms with Crippen LogP contribution in [0, 0.1) is 22.5 Å². The monoisotopic (exact) mass is 270 g/mol. The standard InChI is InChI=1S/C13H22N2O2S/c1-2-13-18(16,17)15-12-10-8-6-4-3-5-7-9-11-14/h15H,3-10,12H2,1H3. The van der Waals surface area contributed by atoms with Gasteiger partial charge in [-0.2, -0.15) is 13.7 Å². The zero-order chi connectivity index (χ0) is 13.7. The maximum absolute atomic E-state index is 11.2. The van der Waals surface area contributed by atoms with Gasteiger partial charge in [0, 0.05) is 18.2 Å². The Hall–Kier alpha value is -1.04. The third-order valence-corrected chi connectivity index (χ3v) is 3.55. The van der Waals surface area contributed by atoms with Crippen molar-refractivity contribution in [1.29, 1.82) is 5.26 Å². The first-order valence-corrected chi connectivity index (χ1v) is 7.91. The largest absolute Gasteiger partial charge is 0.280 e. The van der Waals surface area contributed by atoms with Crippen molar-refractivity contribution < 1.29 is 8.42 Å². The molecule has 1 N–H and O–H groups in total. The van der Waals surface area contributed by atoms with E-state index in [0.29, 0.717) is 13.0 Å². The summed E-state index contributed by atoms with van der Waals surface area (Å²) in [6.07, 6.45) is 8.08. The zero-order valence-corrected chi connectivity index (χ0v) is 11.9. The van der Waals surface area contributed by atoms with Crippen LogP contribution in [0.5, 0.6) is 0 Å². The third kappa shape index (κ3) is 11.4. The van der Waals surface area contributed by atoms with Gasteiger partial charge in [-0.15, -0.1) is 0 Å². The first-order chi connectivity index (χ1) is 8.62. The van der Waals surface area contributed by atoms with Crippen LogP contribution >= 0.6 is 0 Å². The molecule has 0 aliphatic heterocycles. The molecule has 0 aliphatic carbocycles. The lowest BCUT2D eigenvalue weighted by molar-refractivity contribution is 0.567. The van der Waals surface area contributed by atoms with Crippen molar-refractivity contribution >= 4 is 10.0 Å². The predicted octanol–water partition coefficient (Wildman–Crippen LogP) is 2.53. The fraction of sp³-hybridized carbons (Fsp3) is 0.769. The number of hydrogen-bond donors (Lipinski definition) is 1. The number of rotatable bonds is 10. The molecule has 0 heterocycles. The summed E-state index contributed by atoms with van der Waals surface area (Å²) in [5, 5.41) is 10.5. The van der Waals surface area contributed by atoms with E-state index < -0.39 is 10.0 Å². The van der Waals surface area contributed by atoms with Gasteiger partial charge in [0.05, 0.1) is 6.07 Å². The lowest BCUT2D eigenvalue weighted by atomic mass is 10.1. The van der Waals surface area contributed by atoms with Crippen LogP contribution in [0.3, 0.4) is 0 Å². The highest BCUT2D eigenvalue weighted by Gasteiger charge is 2.02. The molecule has 0 aliphatic rings. The summed E-state index contributed by atoms with van der Waals surface area (Å²) < 4.78 is 24.8. The van der Waals surface area contributed by atoms with Crippen molar-refractivity contribution in [3.05, 3.63) is 0 Å². The van der Waals surface area contributed by atoms with E-state index in [1.807, 2.05) is 0 Å². The maximum atomic E-state index is 11.2. The molecule has 0 atom stereocenters. The van der Waals surface area contributed by atoms with E-state index in [1.165, 1.54) is 6.92 Å². The molecule has 0 fully saturated rings. The smallest absolute Gasteiger partial charge is 0.205 e. The van der Waals surface area contributed by atoms with Crippen LogP contribution in [0.15, 0.2) is 0 Å². The van der Waals surface area contributed by atoms with E-state index in [0.717, 1.165) is 44.9 Å². The Morgan fingerprint density at radius 1 is 1.00 bits per heavy atom. The molecular weight excluding hydrogens is 248 g/mol. The van der Waals surface area contributed by atoms with Gasteiger partial charge in [-0.05, 0) is 19.8 Å². The summed E-state index contributed by atoms with van der Waals surface area (Å²) in [4.78, 5) is 0. The van der Waals surface area contributed by atoms with Crippen LogP contribution in [0.25, 0.3) is 0 Å². The van der Waals surface area contributed by atoms with E-state index >= 15 is 0 Å². The van der Waals surface area contributed by atoms with Gasteiger partial charge in [0.25, 0.3) is 10.0 Å². The van der Waals surface area contributed by atoms with Gasteiger partial charge in [0.15, 0.2) is 0 Å². The molecule has 0 rings (SSSR count). The molecule has 0 radical (unpaired) electrons. The second-order valence-corrected chi connectivity index (χ2v) is 5.63. The van der Waals surface area contributed by atoms with Crippen molar-refractivity contribution in [1.82, 2.24) is 4.72 Å². The van der Waals surface area contributed by atoms with Crippen molar-refractivity contribution in [3.8, 4) is 17.2 Å². The van der Waals surface area contributed by atoms with Gasteiger partial charge >= 0.3 is 0 Å². The first kappa shape index (κ1) is 17.0. The number of nitriles is 1. The van der Waals surface area contributed by atoms with Gasteiger partial charge in [-0.3, -0.25) is 0 Å². The van der Waals surface area contributed by atoms with Crippen LogP contribution in [-0.2, 0) is 10.0 Å². The van der Waals surface area contributed by atoms with E-state index in [1.54, 1.807) is 0 Å². The Kier molecular flexibility index (Phi) is 10.4. The van der Waals surface area contributed by atoms with Gasteiger partial charge in [0.2, 0.25) is 0 Å². The van der Waals surface area contributed by atoms with Gasteiger partial charge in [0.1, 0.15) is 0 Å². The minimum absolute atomic E-state index is 0.464. The molecular formula is C13H22N2O2S. The highest BCUT2D eigenvalue weighted by atomic mass is 32.2. The van der Waals surface area contributed by atoms with Crippen molar-refractivity contribution in [3.63, 3.8) is 0 Å². The Balaban J connectivity index is 3.31. The fourth-order valence-electron chi connectivity index (χ4n) is 1.59. The third-order valence-electron chi connectivity index (χ3n) is 2.49. The Bertz CT molecular complexity index is 399. The summed E-state index contributed by atoms with van der Waals surface area (Å²) in [6.45, 7) is 1.97. The van der Waals surface area contributed by atoms with Crippen LogP contribution in [0.1, 0.15) is 58.3 Å². The molecule has 0 unspecified atom stereocenters. The summed E-state index contributed by atoms with van der Waals surface area (Å²) in [6, 6.07) is 2.13. The lowest BCUT2D eigenvalue weighted by Gasteiger charge is -2.02. The fourth-order valence-corrected chi connectivity index (χ4v) is 2.34. The molecule has 0 aromatic carbocycles. The molecule has 18 heavy (non-hydrogen) atoms. The van der Waals surface area contributed by atoms with Gasteiger partial charge in [-0.25, -0.2) is 4.72 Å². The van der Waals surface area contributed by atoms with Gasteiger partial charge < -0.3 is 0 Å². The SMILES string of the molecule is CC#CS(=O)(=O)NCCCCCCCCCC#N. The molecule has 4 nitrogen and oxygen atoms in total. The second kappa shape index (κ2) is 11.1. The molecule has 0 saturated carbocycles. The molecule has 5 heteroatoms. The van der Waals surface area contributed by atoms with Crippen molar-refractivity contribution in [2.75, 3.05) is 6.54 Å². The molecule has 0 bridgehead atoms. The normalized spacial score (nSPS) is 10.4. The van der Waals surface area contributed by atoms with Crippen LogP contribution < -0.4 is 4.72 Å². The molecule has 0 aromatic heterocycles. The lowest BCUT2D eigenvalue weighted by Crippen LogP contribution is -2.22.